The Labute approximate surface area is 108 Å². The van der Waals surface area contributed by atoms with E-state index in [2.05, 4.69) is 9.97 Å². The third-order valence-corrected chi connectivity index (χ3v) is 3.14. The van der Waals surface area contributed by atoms with Crippen LogP contribution in [0.3, 0.4) is 0 Å². The van der Waals surface area contributed by atoms with Crippen molar-refractivity contribution in [3.8, 4) is 11.4 Å². The molecule has 5 heteroatoms. The number of aromatic nitrogens is 3. The van der Waals surface area contributed by atoms with E-state index >= 15 is 0 Å². The Kier molecular flexibility index (Phi) is 2.52. The Morgan fingerprint density at radius 1 is 1.28 bits per heavy atom. The fraction of sp³-hybridized carbons (Fsp3) is 0.0769. The van der Waals surface area contributed by atoms with Gasteiger partial charge in [0, 0.05) is 12.4 Å². The van der Waals surface area contributed by atoms with Gasteiger partial charge in [-0.3, -0.25) is 4.40 Å². The molecule has 0 aliphatic carbocycles. The van der Waals surface area contributed by atoms with Crippen LogP contribution in [0.1, 0.15) is 5.56 Å². The minimum Gasteiger partial charge on any atom is -0.295 e. The van der Waals surface area contributed by atoms with Crippen LogP contribution >= 0.6 is 11.6 Å². The maximum absolute atomic E-state index is 14.1. The molecule has 0 atom stereocenters. The van der Waals surface area contributed by atoms with E-state index in [0.717, 1.165) is 0 Å². The van der Waals surface area contributed by atoms with Crippen LogP contribution in [-0.2, 0) is 0 Å². The van der Waals surface area contributed by atoms with E-state index in [-0.39, 0.29) is 5.82 Å². The fourth-order valence-corrected chi connectivity index (χ4v) is 2.11. The summed E-state index contributed by atoms with van der Waals surface area (Å²) in [6, 6.07) is 5.23. The summed E-state index contributed by atoms with van der Waals surface area (Å²) < 4.78 is 15.8. The van der Waals surface area contributed by atoms with Crippen molar-refractivity contribution in [2.24, 2.45) is 0 Å². The molecule has 3 rings (SSSR count). The van der Waals surface area contributed by atoms with E-state index in [0.29, 0.717) is 27.6 Å². The van der Waals surface area contributed by atoms with Crippen LogP contribution in [0.25, 0.3) is 16.9 Å². The molecule has 3 aromatic rings. The smallest absolute Gasteiger partial charge is 0.154 e. The van der Waals surface area contributed by atoms with Crippen molar-refractivity contribution in [2.75, 3.05) is 0 Å². The highest BCUT2D eigenvalue weighted by atomic mass is 35.5. The first-order valence-electron chi connectivity index (χ1n) is 5.41. The molecule has 0 amide bonds. The van der Waals surface area contributed by atoms with Gasteiger partial charge in [-0.25, -0.2) is 14.4 Å². The van der Waals surface area contributed by atoms with Crippen LogP contribution in [0.4, 0.5) is 4.39 Å². The summed E-state index contributed by atoms with van der Waals surface area (Å²) in [5.74, 6) is 0.258. The van der Waals surface area contributed by atoms with Crippen LogP contribution in [-0.4, -0.2) is 14.4 Å². The number of imidazole rings is 1. The van der Waals surface area contributed by atoms with Gasteiger partial charge < -0.3 is 0 Å². The summed E-state index contributed by atoms with van der Waals surface area (Å²) in [7, 11) is 0. The molecule has 0 aliphatic rings. The second kappa shape index (κ2) is 4.07. The van der Waals surface area contributed by atoms with Gasteiger partial charge in [0.1, 0.15) is 17.2 Å². The Morgan fingerprint density at radius 3 is 2.94 bits per heavy atom. The summed E-state index contributed by atoms with van der Waals surface area (Å²) in [5.41, 5.74) is 1.71. The van der Waals surface area contributed by atoms with Crippen LogP contribution < -0.4 is 0 Å². The lowest BCUT2D eigenvalue weighted by Crippen LogP contribution is -1.94. The summed E-state index contributed by atoms with van der Waals surface area (Å²) in [4.78, 5) is 8.19. The fourth-order valence-electron chi connectivity index (χ4n) is 1.92. The van der Waals surface area contributed by atoms with Crippen molar-refractivity contribution in [3.63, 3.8) is 0 Å². The van der Waals surface area contributed by atoms with Crippen molar-refractivity contribution in [2.45, 2.75) is 6.92 Å². The number of hydrogen-bond donors (Lipinski definition) is 0. The standard InChI is InChI=1S/C13H9ClFN3/c1-8-3-2-4-9(11(8)15)13-17-7-10-12(14)16-5-6-18(10)13/h2-7H,1H3. The maximum atomic E-state index is 14.1. The molecule has 0 radical (unpaired) electrons. The highest BCUT2D eigenvalue weighted by Crippen LogP contribution is 2.26. The summed E-state index contributed by atoms with van der Waals surface area (Å²) in [5, 5.41) is 0.351. The Bertz CT molecular complexity index is 736. The molecule has 0 unspecified atom stereocenters. The van der Waals surface area contributed by atoms with E-state index in [4.69, 9.17) is 11.6 Å². The molecule has 0 bridgehead atoms. The average molecular weight is 262 g/mol. The topological polar surface area (TPSA) is 30.2 Å². The molecule has 0 N–H and O–H groups in total. The number of fused-ring (bicyclic) bond motifs is 1. The molecule has 18 heavy (non-hydrogen) atoms. The van der Waals surface area contributed by atoms with Crippen molar-refractivity contribution in [1.82, 2.24) is 14.4 Å². The van der Waals surface area contributed by atoms with Gasteiger partial charge in [0.05, 0.1) is 11.8 Å². The van der Waals surface area contributed by atoms with Crippen LogP contribution in [0.5, 0.6) is 0 Å². The Balaban J connectivity index is 2.33. The monoisotopic (exact) mass is 261 g/mol. The first kappa shape index (κ1) is 11.2. The van der Waals surface area contributed by atoms with Gasteiger partial charge >= 0.3 is 0 Å². The first-order chi connectivity index (χ1) is 8.68. The minimum atomic E-state index is -0.266. The second-order valence-corrected chi connectivity index (χ2v) is 4.35. The lowest BCUT2D eigenvalue weighted by Gasteiger charge is -2.05. The summed E-state index contributed by atoms with van der Waals surface area (Å²) >= 11 is 5.96. The average Bonchev–Trinajstić information content (AvgIpc) is 2.78. The second-order valence-electron chi connectivity index (χ2n) is 3.99. The Morgan fingerprint density at radius 2 is 2.11 bits per heavy atom. The van der Waals surface area contributed by atoms with E-state index in [1.807, 2.05) is 0 Å². The molecule has 2 heterocycles. The molecule has 3 nitrogen and oxygen atoms in total. The third-order valence-electron chi connectivity index (χ3n) is 2.84. The van der Waals surface area contributed by atoms with Crippen molar-refractivity contribution >= 4 is 17.1 Å². The quantitative estimate of drug-likeness (QED) is 0.671. The zero-order chi connectivity index (χ0) is 12.7. The minimum absolute atomic E-state index is 0.266. The Hall–Kier alpha value is -1.94. The largest absolute Gasteiger partial charge is 0.295 e. The van der Waals surface area contributed by atoms with Gasteiger partial charge in [-0.1, -0.05) is 23.7 Å². The number of aryl methyl sites for hydroxylation is 1. The van der Waals surface area contributed by atoms with E-state index in [1.165, 1.54) is 0 Å². The van der Waals surface area contributed by atoms with Crippen molar-refractivity contribution in [1.29, 1.82) is 0 Å². The molecule has 0 saturated carbocycles. The van der Waals surface area contributed by atoms with Gasteiger partial charge in [-0.2, -0.15) is 0 Å². The van der Waals surface area contributed by atoms with Crippen molar-refractivity contribution in [3.05, 3.63) is 53.3 Å². The molecule has 2 aromatic heterocycles. The highest BCUT2D eigenvalue weighted by Gasteiger charge is 2.13. The molecule has 0 aliphatic heterocycles. The SMILES string of the molecule is Cc1cccc(-c2ncc3c(Cl)nccn23)c1F. The normalized spacial score (nSPS) is 11.1. The van der Waals surface area contributed by atoms with Crippen molar-refractivity contribution < 1.29 is 4.39 Å². The highest BCUT2D eigenvalue weighted by molar-refractivity contribution is 6.32. The zero-order valence-electron chi connectivity index (χ0n) is 9.56. The van der Waals surface area contributed by atoms with Gasteiger partial charge in [-0.15, -0.1) is 0 Å². The predicted octanol–water partition coefficient (Wildman–Crippen LogP) is 3.50. The summed E-state index contributed by atoms with van der Waals surface area (Å²) in [6.07, 6.45) is 4.87. The lowest BCUT2D eigenvalue weighted by atomic mass is 10.1. The van der Waals surface area contributed by atoms with Gasteiger partial charge in [0.15, 0.2) is 5.15 Å². The van der Waals surface area contributed by atoms with Gasteiger partial charge in [-0.05, 0) is 18.6 Å². The number of hydrogen-bond acceptors (Lipinski definition) is 2. The lowest BCUT2D eigenvalue weighted by molar-refractivity contribution is 0.620. The van der Waals surface area contributed by atoms with E-state index in [9.17, 15) is 4.39 Å². The first-order valence-corrected chi connectivity index (χ1v) is 5.79. The van der Waals surface area contributed by atoms with E-state index in [1.54, 1.807) is 48.1 Å². The van der Waals surface area contributed by atoms with Gasteiger partial charge in [0.2, 0.25) is 0 Å². The molecule has 0 spiro atoms. The van der Waals surface area contributed by atoms with Crippen LogP contribution in [0.2, 0.25) is 5.15 Å². The number of rotatable bonds is 1. The predicted molar refractivity (Wildman–Crippen MR) is 68.1 cm³/mol. The number of benzene rings is 1. The van der Waals surface area contributed by atoms with Crippen LogP contribution in [0, 0.1) is 12.7 Å². The maximum Gasteiger partial charge on any atom is 0.154 e. The molecule has 1 aromatic carbocycles. The van der Waals surface area contributed by atoms with E-state index < -0.39 is 0 Å². The zero-order valence-corrected chi connectivity index (χ0v) is 10.3. The number of nitrogens with zero attached hydrogens (tertiary/aromatic N) is 3. The summed E-state index contributed by atoms with van der Waals surface area (Å²) in [6.45, 7) is 1.73. The van der Waals surface area contributed by atoms with Crippen LogP contribution in [0.15, 0.2) is 36.8 Å². The molecule has 0 fully saturated rings. The molecular formula is C13H9ClFN3. The number of halogens is 2. The molecule has 0 saturated heterocycles. The van der Waals surface area contributed by atoms with Gasteiger partial charge in [0.25, 0.3) is 0 Å². The molecular weight excluding hydrogens is 253 g/mol. The molecule has 90 valence electrons. The third kappa shape index (κ3) is 1.57.